The highest BCUT2D eigenvalue weighted by atomic mass is 16.5. The molecule has 3 aliphatic rings. The summed E-state index contributed by atoms with van der Waals surface area (Å²) in [6.45, 7) is 2.29. The molecule has 2 heterocycles. The Morgan fingerprint density at radius 2 is 2.07 bits per heavy atom. The van der Waals surface area contributed by atoms with Gasteiger partial charge < -0.3 is 14.7 Å². The van der Waals surface area contributed by atoms with E-state index in [0.29, 0.717) is 36.9 Å². The summed E-state index contributed by atoms with van der Waals surface area (Å²) < 4.78 is 5.01. The zero-order chi connectivity index (χ0) is 21.3. The molecule has 9 heteroatoms. The van der Waals surface area contributed by atoms with Crippen LogP contribution in [0.25, 0.3) is 0 Å². The van der Waals surface area contributed by atoms with Crippen molar-refractivity contribution >= 4 is 23.5 Å². The Bertz CT molecular complexity index is 812. The molecule has 1 aromatic rings. The molecule has 0 radical (unpaired) electrons. The molecular weight excluding hydrogens is 388 g/mol. The van der Waals surface area contributed by atoms with Crippen molar-refractivity contribution in [2.45, 2.75) is 70.8 Å². The summed E-state index contributed by atoms with van der Waals surface area (Å²) in [5, 5.41) is 15.6. The van der Waals surface area contributed by atoms with Gasteiger partial charge in [0.05, 0.1) is 0 Å². The van der Waals surface area contributed by atoms with Crippen LogP contribution in [0.1, 0.15) is 63.5 Å². The third-order valence-electron chi connectivity index (χ3n) is 6.93. The molecule has 9 nitrogen and oxygen atoms in total. The number of likely N-dealkylation sites (tertiary alicyclic amines) is 1. The van der Waals surface area contributed by atoms with Crippen LogP contribution in [0, 0.1) is 24.2 Å². The Morgan fingerprint density at radius 1 is 1.33 bits per heavy atom. The van der Waals surface area contributed by atoms with E-state index < -0.39 is 17.9 Å². The number of rotatable bonds is 7. The van der Waals surface area contributed by atoms with E-state index in [0.717, 1.165) is 38.5 Å². The highest BCUT2D eigenvalue weighted by molar-refractivity contribution is 5.98. The first kappa shape index (κ1) is 20.8. The molecule has 3 amide bonds. The van der Waals surface area contributed by atoms with Gasteiger partial charge in [0.25, 0.3) is 0 Å². The Labute approximate surface area is 175 Å². The van der Waals surface area contributed by atoms with Gasteiger partial charge in [0.1, 0.15) is 11.8 Å². The predicted octanol–water partition coefficient (Wildman–Crippen LogP) is 2.39. The number of hydrogen-bond donors (Lipinski definition) is 3. The van der Waals surface area contributed by atoms with E-state index in [2.05, 4.69) is 10.5 Å². The second kappa shape index (κ2) is 8.37. The number of hydrogen-bond acceptors (Lipinski definition) is 6. The van der Waals surface area contributed by atoms with Crippen molar-refractivity contribution in [3.05, 3.63) is 11.8 Å². The number of carbonyl (C=O) groups excluding carboxylic acids is 3. The maximum Gasteiger partial charge on any atom is 0.248 e. The van der Waals surface area contributed by atoms with Crippen molar-refractivity contribution < 1.29 is 24.1 Å². The minimum absolute atomic E-state index is 0.0224. The molecule has 164 valence electrons. The van der Waals surface area contributed by atoms with Crippen LogP contribution in [0.4, 0.5) is 5.82 Å². The van der Waals surface area contributed by atoms with E-state index in [1.165, 1.54) is 0 Å². The topological polar surface area (TPSA) is 125 Å². The fraction of sp³-hybridized carbons (Fsp3) is 0.714. The molecule has 2 atom stereocenters. The average molecular weight is 418 g/mol. The lowest BCUT2D eigenvalue weighted by Crippen LogP contribution is -2.46. The van der Waals surface area contributed by atoms with E-state index in [1.807, 2.05) is 0 Å². The van der Waals surface area contributed by atoms with Crippen molar-refractivity contribution in [1.29, 1.82) is 0 Å². The zero-order valence-electron chi connectivity index (χ0n) is 17.4. The first-order chi connectivity index (χ1) is 14.4. The quantitative estimate of drug-likeness (QED) is 0.461. The number of anilines is 1. The number of aryl methyl sites for hydroxylation is 1. The number of nitrogens with one attached hydrogen (secondary N) is 2. The van der Waals surface area contributed by atoms with Gasteiger partial charge in [0.15, 0.2) is 5.82 Å². The summed E-state index contributed by atoms with van der Waals surface area (Å²) in [5.41, 5.74) is 1.68. The molecule has 1 saturated heterocycles. The summed E-state index contributed by atoms with van der Waals surface area (Å²) in [4.78, 5) is 40.1. The smallest absolute Gasteiger partial charge is 0.248 e. The SMILES string of the molecule is Cc1cc(NC(=O)[C@@H]2CC3(CC3)CN2C(=O)C(CC(=O)NO)CC2CCCC2)no1. The molecule has 1 aromatic heterocycles. The van der Waals surface area contributed by atoms with Crippen LogP contribution in [-0.4, -0.2) is 45.6 Å². The predicted molar refractivity (Wildman–Crippen MR) is 106 cm³/mol. The lowest BCUT2D eigenvalue weighted by atomic mass is 9.89. The molecule has 3 N–H and O–H groups in total. The standard InChI is InChI=1S/C21H30N4O5/c1-13-8-17(24-30-13)22-19(27)16-11-21(6-7-21)12-25(16)20(28)15(10-18(26)23-29)9-14-4-2-3-5-14/h8,14-16,29H,2-7,9-12H2,1H3,(H,23,26)(H,22,24,27)/t15?,16-/m0/s1. The van der Waals surface area contributed by atoms with Gasteiger partial charge in [-0.05, 0) is 43.9 Å². The van der Waals surface area contributed by atoms with Gasteiger partial charge in [-0.1, -0.05) is 30.8 Å². The van der Waals surface area contributed by atoms with Crippen molar-refractivity contribution in [3.63, 3.8) is 0 Å². The van der Waals surface area contributed by atoms with Crippen molar-refractivity contribution in [3.8, 4) is 0 Å². The van der Waals surface area contributed by atoms with E-state index in [1.54, 1.807) is 23.4 Å². The summed E-state index contributed by atoms with van der Waals surface area (Å²) in [5.74, 6) is -0.186. The van der Waals surface area contributed by atoms with E-state index in [-0.39, 0.29) is 23.7 Å². The molecule has 2 saturated carbocycles. The van der Waals surface area contributed by atoms with Gasteiger partial charge in [-0.3, -0.25) is 19.6 Å². The van der Waals surface area contributed by atoms with Gasteiger partial charge in [-0.25, -0.2) is 5.48 Å². The molecule has 30 heavy (non-hydrogen) atoms. The summed E-state index contributed by atoms with van der Waals surface area (Å²) in [7, 11) is 0. The van der Waals surface area contributed by atoms with Crippen LogP contribution in [0.15, 0.2) is 10.6 Å². The highest BCUT2D eigenvalue weighted by Crippen LogP contribution is 2.55. The van der Waals surface area contributed by atoms with Gasteiger partial charge in [-0.15, -0.1) is 0 Å². The highest BCUT2D eigenvalue weighted by Gasteiger charge is 2.55. The van der Waals surface area contributed by atoms with E-state index in [4.69, 9.17) is 9.73 Å². The monoisotopic (exact) mass is 418 g/mol. The maximum atomic E-state index is 13.5. The Kier molecular flexibility index (Phi) is 5.81. The van der Waals surface area contributed by atoms with Gasteiger partial charge >= 0.3 is 0 Å². The minimum Gasteiger partial charge on any atom is -0.360 e. The largest absolute Gasteiger partial charge is 0.360 e. The molecule has 1 spiro atoms. The molecule has 0 aromatic carbocycles. The molecule has 4 rings (SSSR count). The third-order valence-corrected chi connectivity index (χ3v) is 6.93. The number of nitrogens with zero attached hydrogens (tertiary/aromatic N) is 2. The van der Waals surface area contributed by atoms with Gasteiger partial charge in [0.2, 0.25) is 17.7 Å². The van der Waals surface area contributed by atoms with Gasteiger partial charge in [0, 0.05) is 24.9 Å². The van der Waals surface area contributed by atoms with E-state index >= 15 is 0 Å². The van der Waals surface area contributed by atoms with Gasteiger partial charge in [-0.2, -0.15) is 0 Å². The Balaban J connectivity index is 1.50. The van der Waals surface area contributed by atoms with Crippen LogP contribution in [0.2, 0.25) is 0 Å². The third kappa shape index (κ3) is 4.50. The molecule has 2 aliphatic carbocycles. The lowest BCUT2D eigenvalue weighted by Gasteiger charge is -2.29. The molecular formula is C21H30N4O5. The summed E-state index contributed by atoms with van der Waals surface area (Å²) in [6.07, 6.45) is 7.61. The lowest BCUT2D eigenvalue weighted by molar-refractivity contribution is -0.144. The second-order valence-electron chi connectivity index (χ2n) is 9.32. The minimum atomic E-state index is -0.583. The normalized spacial score (nSPS) is 23.5. The number of amides is 3. The molecule has 1 aliphatic heterocycles. The van der Waals surface area contributed by atoms with Crippen molar-refractivity contribution in [1.82, 2.24) is 15.5 Å². The molecule has 3 fully saturated rings. The average Bonchev–Trinajstić information content (AvgIpc) is 3.08. The molecule has 1 unspecified atom stereocenters. The second-order valence-corrected chi connectivity index (χ2v) is 9.32. The Hall–Kier alpha value is -2.42. The van der Waals surface area contributed by atoms with Crippen LogP contribution >= 0.6 is 0 Å². The first-order valence-electron chi connectivity index (χ1n) is 10.9. The maximum absolute atomic E-state index is 13.5. The summed E-state index contributed by atoms with van der Waals surface area (Å²) in [6, 6.07) is 1.06. The summed E-state index contributed by atoms with van der Waals surface area (Å²) >= 11 is 0. The number of carbonyl (C=O) groups is 3. The molecule has 0 bridgehead atoms. The van der Waals surface area contributed by atoms with Crippen LogP contribution in [0.3, 0.4) is 0 Å². The zero-order valence-corrected chi connectivity index (χ0v) is 17.4. The van der Waals surface area contributed by atoms with Crippen molar-refractivity contribution in [2.75, 3.05) is 11.9 Å². The van der Waals surface area contributed by atoms with Crippen LogP contribution in [-0.2, 0) is 14.4 Å². The number of aromatic nitrogens is 1. The fourth-order valence-corrected chi connectivity index (χ4v) is 5.12. The van der Waals surface area contributed by atoms with Crippen LogP contribution < -0.4 is 10.8 Å². The Morgan fingerprint density at radius 3 is 2.67 bits per heavy atom. The first-order valence-corrected chi connectivity index (χ1v) is 10.9. The van der Waals surface area contributed by atoms with Crippen molar-refractivity contribution in [2.24, 2.45) is 17.3 Å². The van der Waals surface area contributed by atoms with Crippen LogP contribution in [0.5, 0.6) is 0 Å². The fourth-order valence-electron chi connectivity index (χ4n) is 5.12. The number of hydroxylamine groups is 1. The van der Waals surface area contributed by atoms with E-state index in [9.17, 15) is 14.4 Å².